The van der Waals surface area contributed by atoms with Gasteiger partial charge in [0.25, 0.3) is 5.69 Å². The van der Waals surface area contributed by atoms with E-state index in [1.165, 1.54) is 0 Å². The lowest BCUT2D eigenvalue weighted by Gasteiger charge is -2.07. The third-order valence-corrected chi connectivity index (χ3v) is 4.12. The minimum absolute atomic E-state index is 0.0851. The predicted octanol–water partition coefficient (Wildman–Crippen LogP) is 1.05. The van der Waals surface area contributed by atoms with Crippen molar-refractivity contribution >= 4 is 21.4 Å². The number of nitrogens with one attached hydrogen (secondary N) is 1. The molecule has 1 heterocycles. The third-order valence-electron chi connectivity index (χ3n) is 2.72. The van der Waals surface area contributed by atoms with Crippen molar-refractivity contribution in [1.82, 2.24) is 9.71 Å². The highest BCUT2D eigenvalue weighted by Gasteiger charge is 2.18. The van der Waals surface area contributed by atoms with Crippen molar-refractivity contribution in [3.8, 4) is 0 Å². The van der Waals surface area contributed by atoms with Crippen LogP contribution in [0, 0.1) is 10.1 Å². The average Bonchev–Trinajstić information content (AvgIpc) is 2.46. The molecule has 0 atom stereocenters. The molecular weight excluding hydrogens is 296 g/mol. The molecule has 2 rings (SSSR count). The number of rotatable bonds is 5. The Balaban J connectivity index is 2.20. The van der Waals surface area contributed by atoms with Crippen LogP contribution in [0.4, 0.5) is 11.4 Å². The monoisotopic (exact) mass is 308 g/mol. The van der Waals surface area contributed by atoms with Gasteiger partial charge in [-0.2, -0.15) is 0 Å². The molecule has 0 unspecified atom stereocenters. The second kappa shape index (κ2) is 5.85. The summed E-state index contributed by atoms with van der Waals surface area (Å²) in [5.41, 5.74) is 5.69. The van der Waals surface area contributed by atoms with Crippen LogP contribution in [0.15, 0.2) is 47.6 Å². The molecule has 0 aliphatic heterocycles. The molecule has 1 aromatic heterocycles. The molecule has 0 amide bonds. The Morgan fingerprint density at radius 3 is 2.48 bits per heavy atom. The fourth-order valence-corrected chi connectivity index (χ4v) is 2.68. The van der Waals surface area contributed by atoms with E-state index in [0.717, 1.165) is 23.8 Å². The summed E-state index contributed by atoms with van der Waals surface area (Å²) >= 11 is 0. The zero-order valence-electron chi connectivity index (χ0n) is 10.8. The van der Waals surface area contributed by atoms with Gasteiger partial charge in [-0.3, -0.25) is 15.1 Å². The number of nitrogens with zero attached hydrogens (tertiary/aromatic N) is 2. The van der Waals surface area contributed by atoms with E-state index in [9.17, 15) is 18.5 Å². The van der Waals surface area contributed by atoms with Gasteiger partial charge in [-0.1, -0.05) is 0 Å². The normalized spacial score (nSPS) is 11.2. The number of benzene rings is 1. The topological polar surface area (TPSA) is 128 Å². The summed E-state index contributed by atoms with van der Waals surface area (Å²) in [6, 6.07) is 6.62. The van der Waals surface area contributed by atoms with Gasteiger partial charge in [0.15, 0.2) is 0 Å². The van der Waals surface area contributed by atoms with Crippen molar-refractivity contribution in [2.45, 2.75) is 11.4 Å². The summed E-state index contributed by atoms with van der Waals surface area (Å²) in [7, 11) is -3.80. The maximum Gasteiger partial charge on any atom is 0.292 e. The largest absolute Gasteiger partial charge is 0.393 e. The van der Waals surface area contributed by atoms with E-state index in [2.05, 4.69) is 9.71 Å². The first-order chi connectivity index (χ1) is 9.90. The van der Waals surface area contributed by atoms with E-state index in [1.54, 1.807) is 24.5 Å². The number of sulfonamides is 1. The molecule has 9 heteroatoms. The smallest absolute Gasteiger partial charge is 0.292 e. The van der Waals surface area contributed by atoms with Gasteiger partial charge in [-0.25, -0.2) is 13.1 Å². The van der Waals surface area contributed by atoms with Crippen LogP contribution in [0.2, 0.25) is 0 Å². The molecule has 8 nitrogen and oxygen atoms in total. The van der Waals surface area contributed by atoms with Crippen LogP contribution < -0.4 is 10.5 Å². The first-order valence-corrected chi connectivity index (χ1v) is 7.31. The number of anilines is 1. The van der Waals surface area contributed by atoms with Crippen molar-refractivity contribution in [3.05, 3.63) is 58.4 Å². The molecule has 0 spiro atoms. The maximum atomic E-state index is 12.1. The number of nitro groups is 1. The van der Waals surface area contributed by atoms with Crippen molar-refractivity contribution in [3.63, 3.8) is 0 Å². The van der Waals surface area contributed by atoms with Gasteiger partial charge in [-0.05, 0) is 29.8 Å². The Labute approximate surface area is 120 Å². The third kappa shape index (κ3) is 3.52. The second-order valence-electron chi connectivity index (χ2n) is 4.16. The molecule has 0 saturated heterocycles. The summed E-state index contributed by atoms with van der Waals surface area (Å²) in [5.74, 6) is 0. The van der Waals surface area contributed by atoms with Gasteiger partial charge < -0.3 is 5.73 Å². The molecular formula is C12H12N4O4S. The van der Waals surface area contributed by atoms with E-state index in [4.69, 9.17) is 5.73 Å². The molecule has 1 aromatic carbocycles. The zero-order valence-corrected chi connectivity index (χ0v) is 11.6. The fourth-order valence-electron chi connectivity index (χ4n) is 1.63. The lowest BCUT2D eigenvalue weighted by Crippen LogP contribution is -2.23. The van der Waals surface area contributed by atoms with Crippen molar-refractivity contribution < 1.29 is 13.3 Å². The molecule has 2 aromatic rings. The number of pyridine rings is 1. The predicted molar refractivity (Wildman–Crippen MR) is 75.8 cm³/mol. The molecule has 21 heavy (non-hydrogen) atoms. The number of nitrogens with two attached hydrogens (primary N) is 1. The number of nitro benzene ring substituents is 1. The van der Waals surface area contributed by atoms with Crippen LogP contribution in [-0.4, -0.2) is 18.3 Å². The van der Waals surface area contributed by atoms with E-state index >= 15 is 0 Å². The summed E-state index contributed by atoms with van der Waals surface area (Å²) in [5, 5.41) is 10.6. The van der Waals surface area contributed by atoms with Crippen LogP contribution in [0.1, 0.15) is 5.56 Å². The Bertz CT molecular complexity index is 762. The number of aromatic nitrogens is 1. The van der Waals surface area contributed by atoms with Gasteiger partial charge in [0.2, 0.25) is 10.0 Å². The summed E-state index contributed by atoms with van der Waals surface area (Å²) in [4.78, 5) is 13.7. The van der Waals surface area contributed by atoms with E-state index in [0.29, 0.717) is 0 Å². The van der Waals surface area contributed by atoms with Crippen molar-refractivity contribution in [1.29, 1.82) is 0 Å². The lowest BCUT2D eigenvalue weighted by atomic mass is 10.3. The zero-order chi connectivity index (χ0) is 15.5. The minimum Gasteiger partial charge on any atom is -0.393 e. The molecule has 0 aliphatic carbocycles. The first kappa shape index (κ1) is 14.9. The van der Waals surface area contributed by atoms with Crippen LogP contribution in [0.25, 0.3) is 0 Å². The number of hydrogen-bond acceptors (Lipinski definition) is 6. The molecule has 0 bridgehead atoms. The van der Waals surface area contributed by atoms with Crippen molar-refractivity contribution in [2.75, 3.05) is 5.73 Å². The van der Waals surface area contributed by atoms with Gasteiger partial charge in [0.05, 0.1) is 9.82 Å². The van der Waals surface area contributed by atoms with Crippen LogP contribution in [-0.2, 0) is 16.6 Å². The average molecular weight is 308 g/mol. The maximum absolute atomic E-state index is 12.1. The Hall–Kier alpha value is -2.52. The first-order valence-electron chi connectivity index (χ1n) is 5.82. The highest BCUT2D eigenvalue weighted by molar-refractivity contribution is 7.89. The second-order valence-corrected chi connectivity index (χ2v) is 5.92. The number of nitrogen functional groups attached to an aromatic ring is 1. The standard InChI is InChI=1S/C12H12N4O4S/c13-11-7-10(1-2-12(11)16(17)18)21(19,20)15-8-9-3-5-14-6-4-9/h1-7,15H,8,13H2. The molecule has 0 radical (unpaired) electrons. The summed E-state index contributed by atoms with van der Waals surface area (Å²) in [6.07, 6.45) is 3.10. The fraction of sp³-hybridized carbons (Fsp3) is 0.0833. The van der Waals surface area contributed by atoms with Crippen LogP contribution in [0.5, 0.6) is 0 Å². The van der Waals surface area contributed by atoms with Gasteiger partial charge in [-0.15, -0.1) is 0 Å². The van der Waals surface area contributed by atoms with Crippen molar-refractivity contribution in [2.24, 2.45) is 0 Å². The molecule has 0 fully saturated rings. The van der Waals surface area contributed by atoms with Crippen LogP contribution >= 0.6 is 0 Å². The van der Waals surface area contributed by atoms with Gasteiger partial charge in [0.1, 0.15) is 5.69 Å². The van der Waals surface area contributed by atoms with Gasteiger partial charge >= 0.3 is 0 Å². The summed E-state index contributed by atoms with van der Waals surface area (Å²) < 4.78 is 26.6. The molecule has 3 N–H and O–H groups in total. The van der Waals surface area contributed by atoms with E-state index < -0.39 is 14.9 Å². The SMILES string of the molecule is Nc1cc(S(=O)(=O)NCc2ccncc2)ccc1[N+](=O)[O-]. The molecule has 0 saturated carbocycles. The Kier molecular flexibility index (Phi) is 4.15. The van der Waals surface area contributed by atoms with Gasteiger partial charge in [0, 0.05) is 25.0 Å². The summed E-state index contributed by atoms with van der Waals surface area (Å²) in [6.45, 7) is 0.0851. The lowest BCUT2D eigenvalue weighted by molar-refractivity contribution is -0.383. The quantitative estimate of drug-likeness (QED) is 0.482. The van der Waals surface area contributed by atoms with Crippen LogP contribution in [0.3, 0.4) is 0 Å². The minimum atomic E-state index is -3.80. The number of hydrogen-bond donors (Lipinski definition) is 2. The highest BCUT2D eigenvalue weighted by Crippen LogP contribution is 2.24. The van der Waals surface area contributed by atoms with E-state index in [-0.39, 0.29) is 22.8 Å². The Morgan fingerprint density at radius 1 is 1.24 bits per heavy atom. The Morgan fingerprint density at radius 2 is 1.90 bits per heavy atom. The molecule has 110 valence electrons. The highest BCUT2D eigenvalue weighted by atomic mass is 32.2. The molecule has 0 aliphatic rings. The van der Waals surface area contributed by atoms with E-state index in [1.807, 2.05) is 0 Å².